The summed E-state index contributed by atoms with van der Waals surface area (Å²) in [7, 11) is 0. The van der Waals surface area contributed by atoms with Crippen molar-refractivity contribution in [2.75, 3.05) is 0 Å². The van der Waals surface area contributed by atoms with E-state index in [2.05, 4.69) is 59.6 Å². The highest BCUT2D eigenvalue weighted by atomic mass is 14.7. The van der Waals surface area contributed by atoms with E-state index in [0.717, 1.165) is 33.1 Å². The Morgan fingerprint density at radius 2 is 1.27 bits per heavy atom. The molecule has 0 saturated carbocycles. The fraction of sp³-hybridized carbons (Fsp3) is 0. The first-order valence-corrected chi connectivity index (χ1v) is 8.69. The zero-order valence-electron chi connectivity index (χ0n) is 14.1. The van der Waals surface area contributed by atoms with E-state index in [9.17, 15) is 0 Å². The van der Waals surface area contributed by atoms with Gasteiger partial charge in [-0.3, -0.25) is 4.98 Å². The van der Waals surface area contributed by atoms with E-state index in [-0.39, 0.29) is 0 Å². The number of hydrogen-bond acceptors (Lipinski definition) is 2. The number of rotatable bonds is 2. The summed E-state index contributed by atoms with van der Waals surface area (Å²) in [5.41, 5.74) is 6.47. The predicted molar refractivity (Wildman–Crippen MR) is 108 cm³/mol. The largest absolute Gasteiger partial charge is 0.256 e. The van der Waals surface area contributed by atoms with Gasteiger partial charge in [0.05, 0.1) is 16.7 Å². The summed E-state index contributed by atoms with van der Waals surface area (Å²) in [6, 6.07) is 31.3. The molecular formula is C24H16N2. The zero-order chi connectivity index (χ0) is 17.3. The Morgan fingerprint density at radius 1 is 0.577 bits per heavy atom. The summed E-state index contributed by atoms with van der Waals surface area (Å²) in [4.78, 5) is 9.47. The maximum atomic E-state index is 4.95. The summed E-state index contributed by atoms with van der Waals surface area (Å²) in [6.45, 7) is 0. The standard InChI is InChI=1S/C24H16N2/c1-3-8-17(9-4-1)20-16-23(18-10-5-2-6-11-18)26-22-14-13-21-19(24(20)22)12-7-15-25-21/h1-16H. The lowest BCUT2D eigenvalue weighted by Crippen LogP contribution is -1.91. The molecule has 2 aromatic heterocycles. The molecule has 2 nitrogen and oxygen atoms in total. The number of benzene rings is 3. The lowest BCUT2D eigenvalue weighted by molar-refractivity contribution is 1.38. The van der Waals surface area contributed by atoms with Crippen LogP contribution in [0.5, 0.6) is 0 Å². The van der Waals surface area contributed by atoms with Crippen LogP contribution in [-0.2, 0) is 0 Å². The summed E-state index contributed by atoms with van der Waals surface area (Å²) in [5.74, 6) is 0. The van der Waals surface area contributed by atoms with Crippen LogP contribution in [0.3, 0.4) is 0 Å². The Morgan fingerprint density at radius 3 is 2.04 bits per heavy atom. The minimum Gasteiger partial charge on any atom is -0.256 e. The molecule has 0 fully saturated rings. The first-order valence-electron chi connectivity index (χ1n) is 8.69. The van der Waals surface area contributed by atoms with Crippen LogP contribution in [0.25, 0.3) is 44.2 Å². The number of fused-ring (bicyclic) bond motifs is 3. The minimum absolute atomic E-state index is 0.986. The quantitative estimate of drug-likeness (QED) is 0.364. The van der Waals surface area contributed by atoms with Crippen molar-refractivity contribution in [3.05, 3.63) is 97.2 Å². The Balaban J connectivity index is 1.92. The third-order valence-corrected chi connectivity index (χ3v) is 4.71. The molecule has 5 rings (SSSR count). The number of aromatic nitrogens is 2. The third kappa shape index (κ3) is 2.44. The number of nitrogens with zero attached hydrogens (tertiary/aromatic N) is 2. The van der Waals surface area contributed by atoms with Gasteiger partial charge in [-0.25, -0.2) is 4.98 Å². The second-order valence-electron chi connectivity index (χ2n) is 6.32. The SMILES string of the molecule is c1ccc(-c2cc(-c3ccccc3)c3c(ccc4ncccc43)n2)cc1. The van der Waals surface area contributed by atoms with Gasteiger partial charge in [0.25, 0.3) is 0 Å². The van der Waals surface area contributed by atoms with Gasteiger partial charge in [-0.1, -0.05) is 66.7 Å². The smallest absolute Gasteiger partial charge is 0.0723 e. The van der Waals surface area contributed by atoms with Crippen LogP contribution < -0.4 is 0 Å². The van der Waals surface area contributed by atoms with E-state index < -0.39 is 0 Å². The fourth-order valence-electron chi connectivity index (χ4n) is 3.49. The van der Waals surface area contributed by atoms with Crippen molar-refractivity contribution >= 4 is 21.8 Å². The van der Waals surface area contributed by atoms with Crippen molar-refractivity contribution in [1.29, 1.82) is 0 Å². The molecule has 0 aliphatic heterocycles. The van der Waals surface area contributed by atoms with Gasteiger partial charge in [0.1, 0.15) is 0 Å². The summed E-state index contributed by atoms with van der Waals surface area (Å²) in [6.07, 6.45) is 1.84. The monoisotopic (exact) mass is 332 g/mol. The molecule has 0 atom stereocenters. The van der Waals surface area contributed by atoms with E-state index >= 15 is 0 Å². The first-order chi connectivity index (χ1) is 12.9. The summed E-state index contributed by atoms with van der Waals surface area (Å²) >= 11 is 0. The van der Waals surface area contributed by atoms with E-state index in [1.54, 1.807) is 0 Å². The third-order valence-electron chi connectivity index (χ3n) is 4.71. The van der Waals surface area contributed by atoms with Gasteiger partial charge in [0.2, 0.25) is 0 Å². The molecule has 122 valence electrons. The fourth-order valence-corrected chi connectivity index (χ4v) is 3.49. The topological polar surface area (TPSA) is 25.8 Å². The van der Waals surface area contributed by atoms with Gasteiger partial charge in [-0.2, -0.15) is 0 Å². The van der Waals surface area contributed by atoms with Gasteiger partial charge in [0, 0.05) is 22.5 Å². The lowest BCUT2D eigenvalue weighted by atomic mass is 9.96. The number of pyridine rings is 2. The van der Waals surface area contributed by atoms with Crippen molar-refractivity contribution in [3.63, 3.8) is 0 Å². The van der Waals surface area contributed by atoms with E-state index in [4.69, 9.17) is 4.98 Å². The molecule has 0 spiro atoms. The van der Waals surface area contributed by atoms with Crippen LogP contribution >= 0.6 is 0 Å². The van der Waals surface area contributed by atoms with Crippen molar-refractivity contribution in [2.45, 2.75) is 0 Å². The van der Waals surface area contributed by atoms with Crippen LogP contribution in [0, 0.1) is 0 Å². The van der Waals surface area contributed by atoms with Gasteiger partial charge in [-0.05, 0) is 35.4 Å². The van der Waals surface area contributed by atoms with Crippen molar-refractivity contribution in [1.82, 2.24) is 9.97 Å². The van der Waals surface area contributed by atoms with Gasteiger partial charge in [0.15, 0.2) is 0 Å². The molecule has 0 saturated heterocycles. The highest BCUT2D eigenvalue weighted by Gasteiger charge is 2.12. The van der Waals surface area contributed by atoms with Crippen LogP contribution in [0.2, 0.25) is 0 Å². The van der Waals surface area contributed by atoms with E-state index in [0.29, 0.717) is 0 Å². The maximum Gasteiger partial charge on any atom is 0.0723 e. The Hall–Kier alpha value is -3.52. The molecule has 0 unspecified atom stereocenters. The molecule has 3 aromatic carbocycles. The van der Waals surface area contributed by atoms with Gasteiger partial charge < -0.3 is 0 Å². The molecule has 0 radical (unpaired) electrons. The van der Waals surface area contributed by atoms with Gasteiger partial charge in [-0.15, -0.1) is 0 Å². The second kappa shape index (κ2) is 6.08. The lowest BCUT2D eigenvalue weighted by Gasteiger charge is -2.12. The van der Waals surface area contributed by atoms with Crippen molar-refractivity contribution < 1.29 is 0 Å². The highest BCUT2D eigenvalue weighted by Crippen LogP contribution is 2.35. The molecule has 2 heteroatoms. The molecule has 0 N–H and O–H groups in total. The van der Waals surface area contributed by atoms with E-state index in [1.807, 2.05) is 42.6 Å². The van der Waals surface area contributed by atoms with Crippen LogP contribution in [0.4, 0.5) is 0 Å². The minimum atomic E-state index is 0.986. The Bertz CT molecular complexity index is 1210. The van der Waals surface area contributed by atoms with Crippen LogP contribution in [0.15, 0.2) is 97.2 Å². The highest BCUT2D eigenvalue weighted by molar-refractivity contribution is 6.12. The second-order valence-corrected chi connectivity index (χ2v) is 6.32. The molecule has 0 aliphatic rings. The van der Waals surface area contributed by atoms with Gasteiger partial charge >= 0.3 is 0 Å². The average molecular weight is 332 g/mol. The first kappa shape index (κ1) is 14.8. The van der Waals surface area contributed by atoms with E-state index in [1.165, 1.54) is 11.1 Å². The summed E-state index contributed by atoms with van der Waals surface area (Å²) in [5, 5.41) is 2.29. The van der Waals surface area contributed by atoms with Crippen LogP contribution in [-0.4, -0.2) is 9.97 Å². The molecule has 0 amide bonds. The van der Waals surface area contributed by atoms with Crippen LogP contribution in [0.1, 0.15) is 0 Å². The Labute approximate surface area is 151 Å². The molecule has 5 aromatic rings. The molecule has 0 aliphatic carbocycles. The van der Waals surface area contributed by atoms with Crippen molar-refractivity contribution in [3.8, 4) is 22.4 Å². The normalized spacial score (nSPS) is 11.1. The van der Waals surface area contributed by atoms with Crippen molar-refractivity contribution in [2.24, 2.45) is 0 Å². The number of hydrogen-bond donors (Lipinski definition) is 0. The summed E-state index contributed by atoms with van der Waals surface area (Å²) < 4.78 is 0. The zero-order valence-corrected chi connectivity index (χ0v) is 14.1. The molecular weight excluding hydrogens is 316 g/mol. The average Bonchev–Trinajstić information content (AvgIpc) is 2.74. The molecule has 0 bridgehead atoms. The molecule has 2 heterocycles. The Kier molecular flexibility index (Phi) is 3.46. The molecule has 26 heavy (non-hydrogen) atoms. The maximum absolute atomic E-state index is 4.95. The predicted octanol–water partition coefficient (Wildman–Crippen LogP) is 6.12.